The maximum Gasteiger partial charge on any atom is 0.263 e. The number of hydrogen-bond acceptors (Lipinski definition) is 5. The summed E-state index contributed by atoms with van der Waals surface area (Å²) in [5.74, 6) is -0.0333. The van der Waals surface area contributed by atoms with Gasteiger partial charge in [-0.15, -0.1) is 11.3 Å². The van der Waals surface area contributed by atoms with E-state index in [1.54, 1.807) is 22.4 Å². The molecule has 1 atom stereocenters. The monoisotopic (exact) mass is 474 g/mol. The number of hydrogen-bond donors (Lipinski definition) is 1. The topological polar surface area (TPSA) is 84.3 Å². The molecule has 7 nitrogen and oxygen atoms in total. The molecule has 5 rings (SSSR count). The van der Waals surface area contributed by atoms with E-state index in [0.717, 1.165) is 10.9 Å². The average molecular weight is 475 g/mol. The van der Waals surface area contributed by atoms with Crippen LogP contribution in [0.15, 0.2) is 71.2 Å². The molecule has 1 saturated heterocycles. The van der Waals surface area contributed by atoms with Crippen LogP contribution in [0.25, 0.3) is 10.9 Å². The number of halogens is 1. The van der Waals surface area contributed by atoms with E-state index in [9.17, 15) is 13.2 Å². The highest BCUT2D eigenvalue weighted by molar-refractivity contribution is 7.93. The number of thiazole rings is 1. The van der Waals surface area contributed by atoms with E-state index in [1.807, 2.05) is 35.0 Å². The molecule has 1 aliphatic heterocycles. The molecule has 0 bridgehead atoms. The van der Waals surface area contributed by atoms with Crippen molar-refractivity contribution in [1.82, 2.24) is 9.55 Å². The van der Waals surface area contributed by atoms with Crippen molar-refractivity contribution in [3.8, 4) is 0 Å². The first kappa shape index (κ1) is 20.0. The van der Waals surface area contributed by atoms with Gasteiger partial charge in [-0.3, -0.25) is 9.52 Å². The van der Waals surface area contributed by atoms with Gasteiger partial charge in [-0.1, -0.05) is 17.7 Å². The number of rotatable bonds is 5. The summed E-state index contributed by atoms with van der Waals surface area (Å²) in [4.78, 5) is 18.9. The lowest BCUT2D eigenvalue weighted by molar-refractivity contribution is -0.119. The van der Waals surface area contributed by atoms with Crippen molar-refractivity contribution in [3.05, 3.63) is 71.3 Å². The van der Waals surface area contributed by atoms with Gasteiger partial charge in [-0.25, -0.2) is 13.4 Å². The Morgan fingerprint density at radius 1 is 1.16 bits per heavy atom. The number of amides is 1. The zero-order valence-electron chi connectivity index (χ0n) is 16.1. The fraction of sp³-hybridized carbons (Fsp3) is 0.143. The molecule has 1 aliphatic rings. The van der Waals surface area contributed by atoms with Crippen molar-refractivity contribution in [2.75, 3.05) is 16.2 Å². The summed E-state index contributed by atoms with van der Waals surface area (Å²) in [7, 11) is -3.73. The molecule has 160 valence electrons. The van der Waals surface area contributed by atoms with Crippen molar-refractivity contribution in [1.29, 1.82) is 0 Å². The number of nitrogens with zero attached hydrogens (tertiary/aromatic N) is 3. The molecule has 4 aromatic rings. The highest BCUT2D eigenvalue weighted by atomic mass is 35.5. The minimum absolute atomic E-state index is 0. The lowest BCUT2D eigenvalue weighted by atomic mass is 10.2. The molecule has 0 radical (unpaired) electrons. The molecule has 0 saturated carbocycles. The third kappa shape index (κ3) is 3.58. The summed E-state index contributed by atoms with van der Waals surface area (Å²) in [6.45, 7) is 0.549. The third-order valence-corrected chi connectivity index (χ3v) is 7.84. The first-order valence-corrected chi connectivity index (χ1v) is 12.3. The Bertz CT molecular complexity index is 1370. The first-order chi connectivity index (χ1) is 14.9. The predicted molar refractivity (Wildman–Crippen MR) is 124 cm³/mol. The number of carbonyl (C=O) groups is 1. The van der Waals surface area contributed by atoms with Crippen molar-refractivity contribution >= 4 is 60.6 Å². The quantitative estimate of drug-likeness (QED) is 0.451. The molecule has 3 heterocycles. The Balaban J connectivity index is 0.00000245. The molecule has 2 aromatic carbocycles. The second-order valence-corrected chi connectivity index (χ2v) is 10.1. The van der Waals surface area contributed by atoms with Crippen LogP contribution in [0.4, 0.5) is 10.8 Å². The van der Waals surface area contributed by atoms with Gasteiger partial charge in [-0.2, -0.15) is 0 Å². The van der Waals surface area contributed by atoms with Crippen LogP contribution in [0.1, 0.15) is 13.9 Å². The standard InChI is InChI=1S/C21H17ClN4O3S2.H2/c22-17-2-1-3-18-16(17)8-11-26(18)19-9-12-25(20(19)27)14-4-6-15(7-5-14)31(28,29)24-21-23-10-13-30-21;/h1-8,10-11,13,19H,9,12H2,(H,23,24);1H/t19-;/m0./s1. The maximum absolute atomic E-state index is 13.2. The smallest absolute Gasteiger partial charge is 0.263 e. The van der Waals surface area contributed by atoms with Crippen molar-refractivity contribution in [3.63, 3.8) is 0 Å². The zero-order chi connectivity index (χ0) is 21.6. The van der Waals surface area contributed by atoms with Crippen LogP contribution < -0.4 is 9.62 Å². The highest BCUT2D eigenvalue weighted by Crippen LogP contribution is 2.33. The Labute approximate surface area is 189 Å². The zero-order valence-corrected chi connectivity index (χ0v) is 18.5. The van der Waals surface area contributed by atoms with Gasteiger partial charge in [0.2, 0.25) is 5.91 Å². The van der Waals surface area contributed by atoms with Crippen LogP contribution >= 0.6 is 22.9 Å². The molecule has 1 N–H and O–H groups in total. The summed E-state index contributed by atoms with van der Waals surface area (Å²) in [5.41, 5.74) is 1.58. The fourth-order valence-corrected chi connectivity index (χ4v) is 5.88. The van der Waals surface area contributed by atoms with Gasteiger partial charge in [0.15, 0.2) is 5.13 Å². The van der Waals surface area contributed by atoms with Crippen LogP contribution in [-0.2, 0) is 14.8 Å². The summed E-state index contributed by atoms with van der Waals surface area (Å²) in [6.07, 6.45) is 4.08. The Kier molecular flexibility index (Phi) is 4.96. The van der Waals surface area contributed by atoms with E-state index in [2.05, 4.69) is 9.71 Å². The van der Waals surface area contributed by atoms with Gasteiger partial charge in [-0.05, 0) is 48.9 Å². The number of aromatic nitrogens is 2. The summed E-state index contributed by atoms with van der Waals surface area (Å²) in [6, 6.07) is 13.5. The molecule has 1 amide bonds. The van der Waals surface area contributed by atoms with Crippen molar-refractivity contribution in [2.45, 2.75) is 17.4 Å². The first-order valence-electron chi connectivity index (χ1n) is 9.53. The summed E-state index contributed by atoms with van der Waals surface area (Å²) >= 11 is 7.47. The summed E-state index contributed by atoms with van der Waals surface area (Å²) in [5, 5.41) is 3.57. The van der Waals surface area contributed by atoms with Crippen LogP contribution in [0.2, 0.25) is 5.02 Å². The Morgan fingerprint density at radius 2 is 1.97 bits per heavy atom. The van der Waals surface area contributed by atoms with E-state index in [1.165, 1.54) is 29.7 Å². The van der Waals surface area contributed by atoms with Crippen molar-refractivity contribution < 1.29 is 14.6 Å². The maximum atomic E-state index is 13.2. The SMILES string of the molecule is O=C1[C@@H](n2ccc3c(Cl)cccc32)CCN1c1ccc(S(=O)(=O)Nc2nccs2)cc1.[HH]. The second-order valence-electron chi connectivity index (χ2n) is 7.13. The number of nitrogens with one attached hydrogen (secondary N) is 1. The normalized spacial score (nSPS) is 16.9. The van der Waals surface area contributed by atoms with Crippen LogP contribution in [0.3, 0.4) is 0 Å². The molecule has 10 heteroatoms. The highest BCUT2D eigenvalue weighted by Gasteiger charge is 2.34. The van der Waals surface area contributed by atoms with E-state index in [0.29, 0.717) is 28.8 Å². The molecule has 31 heavy (non-hydrogen) atoms. The molecule has 0 aliphatic carbocycles. The second kappa shape index (κ2) is 7.67. The van der Waals surface area contributed by atoms with E-state index in [-0.39, 0.29) is 18.3 Å². The van der Waals surface area contributed by atoms with Crippen LogP contribution in [0.5, 0.6) is 0 Å². The average Bonchev–Trinajstić information content (AvgIpc) is 3.48. The number of carbonyl (C=O) groups excluding carboxylic acids is 1. The Morgan fingerprint density at radius 3 is 2.71 bits per heavy atom. The van der Waals surface area contributed by atoms with Gasteiger partial charge in [0.1, 0.15) is 6.04 Å². The predicted octanol–water partition coefficient (Wildman–Crippen LogP) is 4.78. The molecule has 2 aromatic heterocycles. The number of sulfonamides is 1. The minimum Gasteiger partial charge on any atom is -0.335 e. The fourth-order valence-electron chi connectivity index (χ4n) is 3.85. The molecule has 0 spiro atoms. The van der Waals surface area contributed by atoms with Gasteiger partial charge >= 0.3 is 0 Å². The van der Waals surface area contributed by atoms with Gasteiger partial charge < -0.3 is 9.47 Å². The molecular formula is C21H19ClN4O3S2. The van der Waals surface area contributed by atoms with Crippen molar-refractivity contribution in [2.24, 2.45) is 0 Å². The lowest BCUT2D eigenvalue weighted by Crippen LogP contribution is -2.28. The van der Waals surface area contributed by atoms with Gasteiger partial charge in [0.25, 0.3) is 10.0 Å². The van der Waals surface area contributed by atoms with Gasteiger partial charge in [0.05, 0.1) is 10.4 Å². The molecule has 0 unspecified atom stereocenters. The largest absolute Gasteiger partial charge is 0.335 e. The van der Waals surface area contributed by atoms with E-state index >= 15 is 0 Å². The van der Waals surface area contributed by atoms with Crippen LogP contribution in [0, 0.1) is 0 Å². The van der Waals surface area contributed by atoms with Crippen LogP contribution in [-0.4, -0.2) is 30.4 Å². The molecule has 1 fully saturated rings. The van der Waals surface area contributed by atoms with Gasteiger partial charge in [0, 0.05) is 41.8 Å². The Hall–Kier alpha value is -2.88. The number of anilines is 2. The summed E-state index contributed by atoms with van der Waals surface area (Å²) < 4.78 is 29.4. The lowest BCUT2D eigenvalue weighted by Gasteiger charge is -2.18. The van der Waals surface area contributed by atoms with E-state index in [4.69, 9.17) is 11.6 Å². The number of benzene rings is 2. The third-order valence-electron chi connectivity index (χ3n) is 5.34. The van der Waals surface area contributed by atoms with E-state index < -0.39 is 10.0 Å². The number of fused-ring (bicyclic) bond motifs is 1. The minimum atomic E-state index is -3.73. The molecular weight excluding hydrogens is 456 g/mol.